The van der Waals surface area contributed by atoms with Gasteiger partial charge < -0.3 is 5.11 Å². The van der Waals surface area contributed by atoms with Gasteiger partial charge in [-0.05, 0) is 26.7 Å². The van der Waals surface area contributed by atoms with Gasteiger partial charge in [-0.15, -0.1) is 0 Å². The first-order valence-corrected chi connectivity index (χ1v) is 5.01. The third-order valence-corrected chi connectivity index (χ3v) is 3.80. The van der Waals surface area contributed by atoms with E-state index in [-0.39, 0.29) is 6.42 Å². The molecule has 0 aromatic heterocycles. The van der Waals surface area contributed by atoms with Crippen LogP contribution in [0.1, 0.15) is 33.1 Å². The van der Waals surface area contributed by atoms with Gasteiger partial charge >= 0.3 is 6.09 Å². The number of Topliss-reactive ketones (excluding diaryl/α,β-unsaturated/α-hetero) is 1. The summed E-state index contributed by atoms with van der Waals surface area (Å²) < 4.78 is 13.8. The van der Waals surface area contributed by atoms with Crippen LogP contribution < -0.4 is 0 Å². The monoisotopic (exact) mass is 215 g/mol. The molecular weight excluding hydrogens is 201 g/mol. The van der Waals surface area contributed by atoms with Gasteiger partial charge in [0.15, 0.2) is 12.0 Å². The summed E-state index contributed by atoms with van der Waals surface area (Å²) in [5.41, 5.74) is -1.86. The quantitative estimate of drug-likeness (QED) is 0.667. The predicted octanol–water partition coefficient (Wildman–Crippen LogP) is 1.59. The van der Waals surface area contributed by atoms with Gasteiger partial charge in [-0.25, -0.2) is 9.18 Å². The molecule has 0 aromatic rings. The maximum absolute atomic E-state index is 13.8. The highest BCUT2D eigenvalue weighted by molar-refractivity contribution is 5.89. The number of piperidine rings is 1. The van der Waals surface area contributed by atoms with Crippen molar-refractivity contribution in [3.63, 3.8) is 0 Å². The molecule has 2 bridgehead atoms. The van der Waals surface area contributed by atoms with Crippen LogP contribution in [-0.4, -0.2) is 39.1 Å². The molecule has 1 amide bonds. The Morgan fingerprint density at radius 1 is 1.53 bits per heavy atom. The van der Waals surface area contributed by atoms with Gasteiger partial charge in [-0.1, -0.05) is 0 Å². The molecule has 0 radical (unpaired) electrons. The molecule has 2 aliphatic rings. The van der Waals surface area contributed by atoms with Crippen molar-refractivity contribution in [3.8, 4) is 0 Å². The number of hydrogen-bond donors (Lipinski definition) is 1. The minimum Gasteiger partial charge on any atom is -0.465 e. The van der Waals surface area contributed by atoms with Crippen molar-refractivity contribution < 1.29 is 19.1 Å². The maximum Gasteiger partial charge on any atom is 0.408 e. The molecule has 2 aliphatic heterocycles. The van der Waals surface area contributed by atoms with Crippen LogP contribution in [0.25, 0.3) is 0 Å². The molecule has 3 atom stereocenters. The zero-order valence-corrected chi connectivity index (χ0v) is 8.79. The highest BCUT2D eigenvalue weighted by atomic mass is 19.1. The normalized spacial score (nSPS) is 44.6. The molecule has 0 aromatic carbocycles. The second-order valence-electron chi connectivity index (χ2n) is 4.98. The third kappa shape index (κ3) is 1.12. The Balaban J connectivity index is 2.49. The first-order chi connectivity index (χ1) is 6.81. The molecule has 2 saturated heterocycles. The van der Waals surface area contributed by atoms with Crippen LogP contribution in [0.4, 0.5) is 9.18 Å². The Kier molecular flexibility index (Phi) is 1.88. The van der Waals surface area contributed by atoms with Gasteiger partial charge in [0.05, 0.1) is 11.1 Å². The highest BCUT2D eigenvalue weighted by Crippen LogP contribution is 2.50. The van der Waals surface area contributed by atoms with Gasteiger partial charge in [0.2, 0.25) is 0 Å². The summed E-state index contributed by atoms with van der Waals surface area (Å²) in [4.78, 5) is 23.7. The summed E-state index contributed by atoms with van der Waals surface area (Å²) >= 11 is 0. The van der Waals surface area contributed by atoms with Crippen molar-refractivity contribution in [3.05, 3.63) is 0 Å². The second kappa shape index (κ2) is 2.71. The van der Waals surface area contributed by atoms with Crippen LogP contribution in [-0.2, 0) is 4.79 Å². The van der Waals surface area contributed by atoms with Crippen molar-refractivity contribution in [2.24, 2.45) is 0 Å². The number of rotatable bonds is 0. The number of alkyl halides is 1. The van der Waals surface area contributed by atoms with Crippen LogP contribution in [0.2, 0.25) is 0 Å². The number of carbonyl (C=O) groups excluding carboxylic acids is 1. The van der Waals surface area contributed by atoms with Crippen molar-refractivity contribution in [2.75, 3.05) is 0 Å². The SMILES string of the molecule is C[C@@]12CC[C@@](C)([C@@H](F)C(=O)C1)N2C(=O)O. The molecule has 0 saturated carbocycles. The molecule has 0 aliphatic carbocycles. The van der Waals surface area contributed by atoms with E-state index in [1.54, 1.807) is 6.92 Å². The molecule has 2 heterocycles. The van der Waals surface area contributed by atoms with Crippen LogP contribution in [0, 0.1) is 0 Å². The summed E-state index contributed by atoms with van der Waals surface area (Å²) in [5.74, 6) is -0.463. The maximum atomic E-state index is 13.8. The van der Waals surface area contributed by atoms with E-state index in [0.717, 1.165) is 4.90 Å². The molecule has 1 N–H and O–H groups in total. The van der Waals surface area contributed by atoms with Crippen molar-refractivity contribution in [1.82, 2.24) is 4.90 Å². The lowest BCUT2D eigenvalue weighted by Crippen LogP contribution is -2.64. The number of carboxylic acid groups (broad SMARTS) is 1. The summed E-state index contributed by atoms with van der Waals surface area (Å²) in [5, 5.41) is 9.10. The average molecular weight is 215 g/mol. The lowest BCUT2D eigenvalue weighted by molar-refractivity contribution is -0.137. The molecule has 15 heavy (non-hydrogen) atoms. The van der Waals surface area contributed by atoms with Gasteiger partial charge in [0.1, 0.15) is 0 Å². The van der Waals surface area contributed by atoms with E-state index in [2.05, 4.69) is 0 Å². The van der Waals surface area contributed by atoms with Crippen molar-refractivity contribution in [1.29, 1.82) is 0 Å². The van der Waals surface area contributed by atoms with E-state index in [0.29, 0.717) is 12.8 Å². The van der Waals surface area contributed by atoms with Crippen molar-refractivity contribution >= 4 is 11.9 Å². The largest absolute Gasteiger partial charge is 0.465 e. The second-order valence-corrected chi connectivity index (χ2v) is 4.98. The molecular formula is C10H14FNO3. The fourth-order valence-corrected chi connectivity index (χ4v) is 3.03. The standard InChI is InChI=1S/C10H14FNO3/c1-9-3-4-10(2,12(9)8(14)15)7(11)6(13)5-9/h7H,3-5H2,1-2H3,(H,14,15)/t7-,9+,10-/m0/s1. The van der Waals surface area contributed by atoms with E-state index >= 15 is 0 Å². The van der Waals surface area contributed by atoms with E-state index in [1.807, 2.05) is 0 Å². The smallest absolute Gasteiger partial charge is 0.408 e. The fraction of sp³-hybridized carbons (Fsp3) is 0.800. The highest BCUT2D eigenvalue weighted by Gasteiger charge is 2.63. The Bertz CT molecular complexity index is 346. The molecule has 0 spiro atoms. The lowest BCUT2D eigenvalue weighted by Gasteiger charge is -2.47. The predicted molar refractivity (Wildman–Crippen MR) is 50.4 cm³/mol. The minimum atomic E-state index is -1.68. The molecule has 2 rings (SSSR count). The lowest BCUT2D eigenvalue weighted by atomic mass is 9.83. The van der Waals surface area contributed by atoms with Gasteiger partial charge in [-0.3, -0.25) is 9.69 Å². The number of fused-ring (bicyclic) bond motifs is 2. The van der Waals surface area contributed by atoms with E-state index in [4.69, 9.17) is 5.11 Å². The molecule has 0 unspecified atom stereocenters. The average Bonchev–Trinajstić information content (AvgIpc) is 2.33. The van der Waals surface area contributed by atoms with E-state index in [9.17, 15) is 14.0 Å². The number of hydrogen-bond acceptors (Lipinski definition) is 2. The first kappa shape index (κ1) is 10.4. The molecule has 2 fully saturated rings. The number of ketones is 1. The Morgan fingerprint density at radius 3 is 2.67 bits per heavy atom. The fourth-order valence-electron chi connectivity index (χ4n) is 3.03. The first-order valence-electron chi connectivity index (χ1n) is 5.01. The van der Waals surface area contributed by atoms with Crippen LogP contribution in [0.15, 0.2) is 0 Å². The summed E-state index contributed by atoms with van der Waals surface area (Å²) in [6, 6.07) is 0. The summed E-state index contributed by atoms with van der Waals surface area (Å²) in [6.07, 6.45) is -1.84. The summed E-state index contributed by atoms with van der Waals surface area (Å²) in [6.45, 7) is 3.24. The number of amides is 1. The van der Waals surface area contributed by atoms with Gasteiger partial charge in [0, 0.05) is 6.42 Å². The zero-order valence-electron chi connectivity index (χ0n) is 8.79. The van der Waals surface area contributed by atoms with Gasteiger partial charge in [0.25, 0.3) is 0 Å². The Hall–Kier alpha value is -1.13. The third-order valence-electron chi connectivity index (χ3n) is 3.80. The van der Waals surface area contributed by atoms with E-state index < -0.39 is 29.1 Å². The Morgan fingerprint density at radius 2 is 2.13 bits per heavy atom. The van der Waals surface area contributed by atoms with Crippen LogP contribution in [0.5, 0.6) is 0 Å². The minimum absolute atomic E-state index is 0.00391. The Labute approximate surface area is 87.1 Å². The van der Waals surface area contributed by atoms with Gasteiger partial charge in [-0.2, -0.15) is 0 Å². The number of carbonyl (C=O) groups is 2. The molecule has 5 heteroatoms. The number of halogens is 1. The topological polar surface area (TPSA) is 57.6 Å². The zero-order chi connectivity index (χ0) is 11.4. The number of nitrogens with zero attached hydrogens (tertiary/aromatic N) is 1. The van der Waals surface area contributed by atoms with E-state index in [1.165, 1.54) is 6.92 Å². The molecule has 4 nitrogen and oxygen atoms in total. The molecule has 84 valence electrons. The van der Waals surface area contributed by atoms with Crippen molar-refractivity contribution in [2.45, 2.75) is 50.4 Å². The van der Waals surface area contributed by atoms with Crippen LogP contribution in [0.3, 0.4) is 0 Å². The summed E-state index contributed by atoms with van der Waals surface area (Å²) in [7, 11) is 0. The van der Waals surface area contributed by atoms with Crippen LogP contribution >= 0.6 is 0 Å².